The second kappa shape index (κ2) is 5.51. The fraction of sp³-hybridized carbons (Fsp3) is 0.0714. The molecule has 5 heteroatoms. The smallest absolute Gasteiger partial charge is 0.257 e. The molecule has 2 aromatic carbocycles. The number of rotatable bonds is 2. The molecule has 2 aromatic rings. The Bertz CT molecular complexity index is 621. The summed E-state index contributed by atoms with van der Waals surface area (Å²) in [6.07, 6.45) is 0. The van der Waals surface area contributed by atoms with Gasteiger partial charge in [0.2, 0.25) is 0 Å². The molecule has 0 aromatic heterocycles. The number of nitrogens with one attached hydrogen (secondary N) is 1. The monoisotopic (exact) mass is 294 g/mol. The van der Waals surface area contributed by atoms with E-state index in [2.05, 4.69) is 5.32 Å². The molecule has 0 aliphatic rings. The molecule has 0 spiro atoms. The zero-order valence-electron chi connectivity index (χ0n) is 10.2. The van der Waals surface area contributed by atoms with E-state index in [1.807, 2.05) is 19.1 Å². The Morgan fingerprint density at radius 2 is 1.95 bits per heavy atom. The van der Waals surface area contributed by atoms with Gasteiger partial charge in [-0.2, -0.15) is 0 Å². The van der Waals surface area contributed by atoms with Crippen molar-refractivity contribution in [1.82, 2.24) is 0 Å². The summed E-state index contributed by atoms with van der Waals surface area (Å²) in [6, 6.07) is 10.1. The lowest BCUT2D eigenvalue weighted by atomic mass is 10.1. The molecule has 0 aliphatic carbocycles. The molecule has 0 radical (unpaired) electrons. The second-order valence-electron chi connectivity index (χ2n) is 4.12. The van der Waals surface area contributed by atoms with Crippen LogP contribution in [0.25, 0.3) is 0 Å². The van der Waals surface area contributed by atoms with E-state index in [4.69, 9.17) is 28.9 Å². The molecule has 0 unspecified atom stereocenters. The van der Waals surface area contributed by atoms with Crippen molar-refractivity contribution in [2.75, 3.05) is 11.1 Å². The molecule has 0 saturated heterocycles. The Hall–Kier alpha value is -1.71. The zero-order chi connectivity index (χ0) is 14.0. The molecule has 0 heterocycles. The number of hydrogen-bond donors (Lipinski definition) is 2. The van der Waals surface area contributed by atoms with E-state index in [1.165, 1.54) is 6.07 Å². The number of anilines is 2. The van der Waals surface area contributed by atoms with E-state index in [0.29, 0.717) is 27.0 Å². The van der Waals surface area contributed by atoms with Gasteiger partial charge >= 0.3 is 0 Å². The number of carbonyl (C=O) groups is 1. The van der Waals surface area contributed by atoms with Gasteiger partial charge in [-0.15, -0.1) is 0 Å². The predicted octanol–water partition coefficient (Wildman–Crippen LogP) is 4.14. The maximum Gasteiger partial charge on any atom is 0.257 e. The summed E-state index contributed by atoms with van der Waals surface area (Å²) >= 11 is 11.8. The van der Waals surface area contributed by atoms with Gasteiger partial charge in [-0.1, -0.05) is 35.3 Å². The molecule has 0 saturated carbocycles. The van der Waals surface area contributed by atoms with Gasteiger partial charge < -0.3 is 11.1 Å². The van der Waals surface area contributed by atoms with Gasteiger partial charge in [-0.25, -0.2) is 0 Å². The highest BCUT2D eigenvalue weighted by Crippen LogP contribution is 2.26. The lowest BCUT2D eigenvalue weighted by Gasteiger charge is -2.12. The minimum atomic E-state index is -0.339. The van der Waals surface area contributed by atoms with Crippen LogP contribution < -0.4 is 11.1 Å². The fourth-order valence-corrected chi connectivity index (χ4v) is 2.09. The van der Waals surface area contributed by atoms with Crippen molar-refractivity contribution in [2.45, 2.75) is 6.92 Å². The third-order valence-electron chi connectivity index (χ3n) is 2.72. The van der Waals surface area contributed by atoms with Crippen LogP contribution in [0.3, 0.4) is 0 Å². The number of nitrogen functional groups attached to an aromatic ring is 1. The summed E-state index contributed by atoms with van der Waals surface area (Å²) in [6.45, 7) is 1.87. The lowest BCUT2D eigenvalue weighted by Crippen LogP contribution is -2.14. The summed E-state index contributed by atoms with van der Waals surface area (Å²) in [7, 11) is 0. The van der Waals surface area contributed by atoms with Crippen molar-refractivity contribution in [3.05, 3.63) is 57.6 Å². The third-order valence-corrected chi connectivity index (χ3v) is 3.28. The van der Waals surface area contributed by atoms with Crippen LogP contribution in [0.15, 0.2) is 36.4 Å². The molecule has 0 fully saturated rings. The number of para-hydroxylation sites is 1. The van der Waals surface area contributed by atoms with Crippen molar-refractivity contribution in [3.8, 4) is 0 Å². The minimum Gasteiger partial charge on any atom is -0.397 e. The molecule has 0 atom stereocenters. The number of benzene rings is 2. The van der Waals surface area contributed by atoms with Gasteiger partial charge in [0.25, 0.3) is 5.91 Å². The van der Waals surface area contributed by atoms with Gasteiger partial charge in [-0.3, -0.25) is 4.79 Å². The summed E-state index contributed by atoms with van der Waals surface area (Å²) in [5, 5.41) is 3.55. The minimum absolute atomic E-state index is 0.316. The summed E-state index contributed by atoms with van der Waals surface area (Å²) < 4.78 is 0. The van der Waals surface area contributed by atoms with Gasteiger partial charge in [0.1, 0.15) is 0 Å². The van der Waals surface area contributed by atoms with Gasteiger partial charge in [0, 0.05) is 5.02 Å². The number of nitrogens with two attached hydrogens (primary N) is 1. The summed E-state index contributed by atoms with van der Waals surface area (Å²) in [5.74, 6) is -0.339. The molecule has 19 heavy (non-hydrogen) atoms. The number of amides is 1. The fourth-order valence-electron chi connectivity index (χ4n) is 1.71. The molecule has 3 N–H and O–H groups in total. The molecule has 98 valence electrons. The first-order chi connectivity index (χ1) is 8.99. The number of aryl methyl sites for hydroxylation is 1. The van der Waals surface area contributed by atoms with Gasteiger partial charge in [-0.05, 0) is 36.8 Å². The summed E-state index contributed by atoms with van der Waals surface area (Å²) in [4.78, 5) is 12.2. The van der Waals surface area contributed by atoms with Crippen molar-refractivity contribution in [2.24, 2.45) is 0 Å². The first-order valence-corrected chi connectivity index (χ1v) is 6.36. The standard InChI is InChI=1S/C14H12Cl2N2O/c1-8-3-2-4-12(17)13(8)18-14(19)10-7-9(15)5-6-11(10)16/h2-7H,17H2,1H3,(H,18,19). The van der Waals surface area contributed by atoms with Crippen LogP contribution in [-0.2, 0) is 0 Å². The van der Waals surface area contributed by atoms with E-state index < -0.39 is 0 Å². The number of carbonyl (C=O) groups excluding carboxylic acids is 1. The highest BCUT2D eigenvalue weighted by molar-refractivity contribution is 6.36. The van der Waals surface area contributed by atoms with Crippen molar-refractivity contribution < 1.29 is 4.79 Å². The van der Waals surface area contributed by atoms with Crippen LogP contribution in [0.5, 0.6) is 0 Å². The van der Waals surface area contributed by atoms with Crippen LogP contribution in [0.2, 0.25) is 10.0 Å². The quantitative estimate of drug-likeness (QED) is 0.818. The molecule has 0 aliphatic heterocycles. The van der Waals surface area contributed by atoms with Crippen molar-refractivity contribution in [3.63, 3.8) is 0 Å². The maximum absolute atomic E-state index is 12.2. The summed E-state index contributed by atoms with van der Waals surface area (Å²) in [5.41, 5.74) is 8.13. The van der Waals surface area contributed by atoms with Crippen LogP contribution in [0.4, 0.5) is 11.4 Å². The highest BCUT2D eigenvalue weighted by atomic mass is 35.5. The number of halogens is 2. The normalized spacial score (nSPS) is 10.3. The Balaban J connectivity index is 2.34. The Kier molecular flexibility index (Phi) is 3.98. The average molecular weight is 295 g/mol. The molecular weight excluding hydrogens is 283 g/mol. The van der Waals surface area contributed by atoms with Crippen molar-refractivity contribution in [1.29, 1.82) is 0 Å². The Labute approximate surface area is 121 Å². The molecule has 0 bridgehead atoms. The molecule has 2 rings (SSSR count). The van der Waals surface area contributed by atoms with Gasteiger partial charge in [0.05, 0.1) is 22.0 Å². The Morgan fingerprint density at radius 1 is 1.21 bits per heavy atom. The zero-order valence-corrected chi connectivity index (χ0v) is 11.7. The molecule has 3 nitrogen and oxygen atoms in total. The van der Waals surface area contributed by atoms with E-state index in [-0.39, 0.29) is 5.91 Å². The Morgan fingerprint density at radius 3 is 2.63 bits per heavy atom. The third kappa shape index (κ3) is 3.00. The molecular formula is C14H12Cl2N2O. The maximum atomic E-state index is 12.2. The highest BCUT2D eigenvalue weighted by Gasteiger charge is 2.13. The SMILES string of the molecule is Cc1cccc(N)c1NC(=O)c1cc(Cl)ccc1Cl. The van der Waals surface area contributed by atoms with E-state index in [0.717, 1.165) is 5.56 Å². The van der Waals surface area contributed by atoms with Crippen molar-refractivity contribution >= 4 is 40.5 Å². The average Bonchev–Trinajstić information content (AvgIpc) is 2.37. The van der Waals surface area contributed by atoms with E-state index >= 15 is 0 Å². The van der Waals surface area contributed by atoms with Gasteiger partial charge in [0.15, 0.2) is 0 Å². The van der Waals surface area contributed by atoms with E-state index in [1.54, 1.807) is 18.2 Å². The second-order valence-corrected chi connectivity index (χ2v) is 4.96. The topological polar surface area (TPSA) is 55.1 Å². The lowest BCUT2D eigenvalue weighted by molar-refractivity contribution is 0.102. The molecule has 1 amide bonds. The van der Waals surface area contributed by atoms with E-state index in [9.17, 15) is 4.79 Å². The first-order valence-electron chi connectivity index (χ1n) is 5.60. The number of hydrogen-bond acceptors (Lipinski definition) is 2. The van der Waals surface area contributed by atoms with Crippen LogP contribution in [0, 0.1) is 6.92 Å². The van der Waals surface area contributed by atoms with Crippen LogP contribution in [-0.4, -0.2) is 5.91 Å². The van der Waals surface area contributed by atoms with Crippen LogP contribution >= 0.6 is 23.2 Å². The largest absolute Gasteiger partial charge is 0.397 e. The predicted molar refractivity (Wildman–Crippen MR) is 80.0 cm³/mol. The van der Waals surface area contributed by atoms with Crippen LogP contribution in [0.1, 0.15) is 15.9 Å². The first kappa shape index (κ1) is 13.7.